The van der Waals surface area contributed by atoms with Crippen molar-refractivity contribution in [1.29, 1.82) is 0 Å². The Hall–Kier alpha value is -1.63. The van der Waals surface area contributed by atoms with Crippen molar-refractivity contribution < 1.29 is 14.7 Å². The van der Waals surface area contributed by atoms with E-state index in [9.17, 15) is 9.59 Å². The summed E-state index contributed by atoms with van der Waals surface area (Å²) in [6.45, 7) is 0.213. The summed E-state index contributed by atoms with van der Waals surface area (Å²) >= 11 is 0. The first-order valence-corrected chi connectivity index (χ1v) is 4.02. The lowest BCUT2D eigenvalue weighted by atomic mass is 10.2. The summed E-state index contributed by atoms with van der Waals surface area (Å²) in [6, 6.07) is 0. The van der Waals surface area contributed by atoms with Gasteiger partial charge in [-0.2, -0.15) is 0 Å². The molecule has 0 heterocycles. The van der Waals surface area contributed by atoms with Crippen molar-refractivity contribution in [1.82, 2.24) is 0 Å². The highest BCUT2D eigenvalue weighted by atomic mass is 16.4. The van der Waals surface area contributed by atoms with Crippen LogP contribution >= 0.6 is 0 Å². The molecule has 7 N–H and O–H groups in total. The lowest BCUT2D eigenvalue weighted by Gasteiger charge is -2.00. The smallest absolute Gasteiger partial charge is 0.332 e. The number of aliphatic imine (C=N–C) groups is 1. The predicted octanol–water partition coefficient (Wildman–Crippen LogP) is -2.37. The summed E-state index contributed by atoms with van der Waals surface area (Å²) in [7, 11) is 0. The number of aliphatic carboxylic acids is 1. The van der Waals surface area contributed by atoms with Crippen LogP contribution in [0, 0.1) is 5.92 Å². The normalized spacial score (nSPS) is 29.8. The van der Waals surface area contributed by atoms with Gasteiger partial charge in [-0.25, -0.2) is 4.79 Å². The Labute approximate surface area is 80.0 Å². The Morgan fingerprint density at radius 1 is 1.57 bits per heavy atom. The molecule has 7 heteroatoms. The lowest BCUT2D eigenvalue weighted by Crippen LogP contribution is -2.37. The molecule has 14 heavy (non-hydrogen) atoms. The fraction of sp³-hybridized carbons (Fsp3) is 0.571. The number of nitrogens with two attached hydrogens (primary N) is 3. The Balaban J connectivity index is 2.48. The predicted molar refractivity (Wildman–Crippen MR) is 48.3 cm³/mol. The van der Waals surface area contributed by atoms with Gasteiger partial charge in [0.1, 0.15) is 0 Å². The molecule has 1 aliphatic carbocycles. The minimum Gasteiger partial charge on any atom is -0.480 e. The van der Waals surface area contributed by atoms with Crippen molar-refractivity contribution in [2.45, 2.75) is 12.0 Å². The first-order valence-electron chi connectivity index (χ1n) is 4.02. The summed E-state index contributed by atoms with van der Waals surface area (Å²) in [5.41, 5.74) is 13.7. The number of ketones is 1. The number of Topliss-reactive ketones (excluding diaryl/α,β-unsaturated/α-hetero) is 1. The summed E-state index contributed by atoms with van der Waals surface area (Å²) in [6.07, 6.45) is 0.263. The van der Waals surface area contributed by atoms with Crippen LogP contribution in [0.25, 0.3) is 0 Å². The molecule has 1 saturated carbocycles. The van der Waals surface area contributed by atoms with Gasteiger partial charge in [0.15, 0.2) is 17.3 Å². The molecule has 0 amide bonds. The molecule has 0 saturated heterocycles. The Kier molecular flexibility index (Phi) is 2.43. The molecule has 7 nitrogen and oxygen atoms in total. The zero-order valence-corrected chi connectivity index (χ0v) is 7.43. The van der Waals surface area contributed by atoms with Crippen molar-refractivity contribution in [2.24, 2.45) is 28.1 Å². The van der Waals surface area contributed by atoms with Gasteiger partial charge in [-0.15, -0.1) is 0 Å². The van der Waals surface area contributed by atoms with Gasteiger partial charge in [-0.3, -0.25) is 9.79 Å². The molecule has 1 rings (SSSR count). The summed E-state index contributed by atoms with van der Waals surface area (Å²) in [4.78, 5) is 25.2. The highest BCUT2D eigenvalue weighted by molar-refractivity contribution is 6.23. The highest BCUT2D eigenvalue weighted by Crippen LogP contribution is 2.39. The number of carboxylic acid groups (broad SMARTS) is 1. The maximum atomic E-state index is 11.0. The monoisotopic (exact) mass is 200 g/mol. The van der Waals surface area contributed by atoms with Gasteiger partial charge in [-0.05, 0) is 6.42 Å². The fourth-order valence-corrected chi connectivity index (χ4v) is 1.32. The number of nitrogens with zero attached hydrogens (tertiary/aromatic N) is 1. The quantitative estimate of drug-likeness (QED) is 0.227. The van der Waals surface area contributed by atoms with Gasteiger partial charge in [0.2, 0.25) is 0 Å². The number of carboxylic acids is 1. The van der Waals surface area contributed by atoms with E-state index in [1.54, 1.807) is 0 Å². The zero-order valence-electron chi connectivity index (χ0n) is 7.43. The van der Waals surface area contributed by atoms with E-state index in [1.807, 2.05) is 0 Å². The topological polar surface area (TPSA) is 145 Å². The second-order valence-corrected chi connectivity index (χ2v) is 3.19. The van der Waals surface area contributed by atoms with Gasteiger partial charge < -0.3 is 22.3 Å². The van der Waals surface area contributed by atoms with Crippen LogP contribution in [0.15, 0.2) is 4.99 Å². The first-order chi connectivity index (χ1) is 6.40. The molecule has 1 fully saturated rings. The molecule has 0 spiro atoms. The Morgan fingerprint density at radius 3 is 2.50 bits per heavy atom. The van der Waals surface area contributed by atoms with Crippen LogP contribution in [-0.2, 0) is 9.59 Å². The molecule has 0 aromatic heterocycles. The third kappa shape index (κ3) is 1.53. The molecule has 1 unspecified atom stereocenters. The summed E-state index contributed by atoms with van der Waals surface area (Å²) in [5.74, 6) is -2.51. The van der Waals surface area contributed by atoms with Crippen molar-refractivity contribution >= 4 is 17.7 Å². The van der Waals surface area contributed by atoms with Crippen LogP contribution in [0.1, 0.15) is 6.42 Å². The SMILES string of the molecule is NC(N)=NCCC1C(=O)[C@]1(N)C(=O)O. The average Bonchev–Trinajstić information content (AvgIpc) is 2.58. The number of guanidine groups is 1. The largest absolute Gasteiger partial charge is 0.480 e. The second kappa shape index (κ2) is 3.26. The van der Waals surface area contributed by atoms with Gasteiger partial charge in [-0.1, -0.05) is 0 Å². The standard InChI is InChI=1S/C7H12N4O3/c8-6(9)11-2-1-3-4(12)7(3,10)5(13)14/h3H,1-2,10H2,(H,13,14)(H4,8,9,11)/t3?,7-/m0/s1. The van der Waals surface area contributed by atoms with Gasteiger partial charge >= 0.3 is 5.97 Å². The molecule has 0 radical (unpaired) electrons. The van der Waals surface area contributed by atoms with Crippen molar-refractivity contribution in [2.75, 3.05) is 6.54 Å². The molecule has 0 aliphatic heterocycles. The number of rotatable bonds is 4. The van der Waals surface area contributed by atoms with Crippen LogP contribution < -0.4 is 17.2 Å². The van der Waals surface area contributed by atoms with E-state index in [0.29, 0.717) is 0 Å². The van der Waals surface area contributed by atoms with Crippen molar-refractivity contribution in [3.8, 4) is 0 Å². The van der Waals surface area contributed by atoms with E-state index in [4.69, 9.17) is 22.3 Å². The second-order valence-electron chi connectivity index (χ2n) is 3.19. The van der Waals surface area contributed by atoms with E-state index in [1.165, 1.54) is 0 Å². The summed E-state index contributed by atoms with van der Waals surface area (Å²) < 4.78 is 0. The highest BCUT2D eigenvalue weighted by Gasteiger charge is 2.67. The van der Waals surface area contributed by atoms with Crippen LogP contribution in [0.3, 0.4) is 0 Å². The van der Waals surface area contributed by atoms with Crippen LogP contribution in [-0.4, -0.2) is 34.9 Å². The molecular formula is C7H12N4O3. The van der Waals surface area contributed by atoms with E-state index in [2.05, 4.69) is 4.99 Å². The van der Waals surface area contributed by atoms with Gasteiger partial charge in [0, 0.05) is 6.54 Å². The van der Waals surface area contributed by atoms with Crippen LogP contribution in [0.2, 0.25) is 0 Å². The van der Waals surface area contributed by atoms with E-state index in [-0.39, 0.29) is 18.9 Å². The minimum atomic E-state index is -1.71. The Morgan fingerprint density at radius 2 is 2.14 bits per heavy atom. The molecular weight excluding hydrogens is 188 g/mol. The fourth-order valence-electron chi connectivity index (χ4n) is 1.32. The van der Waals surface area contributed by atoms with Crippen molar-refractivity contribution in [3.63, 3.8) is 0 Å². The van der Waals surface area contributed by atoms with Crippen LogP contribution in [0.4, 0.5) is 0 Å². The third-order valence-electron chi connectivity index (χ3n) is 2.26. The maximum Gasteiger partial charge on any atom is 0.332 e. The number of carbonyl (C=O) groups is 2. The van der Waals surface area contributed by atoms with Gasteiger partial charge in [0.05, 0.1) is 5.92 Å². The molecule has 0 aromatic carbocycles. The third-order valence-corrected chi connectivity index (χ3v) is 2.26. The van der Waals surface area contributed by atoms with E-state index < -0.39 is 23.2 Å². The molecule has 2 atom stereocenters. The zero-order chi connectivity index (χ0) is 10.9. The molecule has 0 aromatic rings. The number of carbonyl (C=O) groups excluding carboxylic acids is 1. The summed E-state index contributed by atoms with van der Waals surface area (Å²) in [5, 5.41) is 8.63. The molecule has 78 valence electrons. The number of hydrogen-bond donors (Lipinski definition) is 4. The van der Waals surface area contributed by atoms with E-state index >= 15 is 0 Å². The maximum absolute atomic E-state index is 11.0. The van der Waals surface area contributed by atoms with E-state index in [0.717, 1.165) is 0 Å². The lowest BCUT2D eigenvalue weighted by molar-refractivity contribution is -0.140. The average molecular weight is 200 g/mol. The number of hydrogen-bond acceptors (Lipinski definition) is 4. The minimum absolute atomic E-state index is 0.0870. The molecule has 0 bridgehead atoms. The van der Waals surface area contributed by atoms with Gasteiger partial charge in [0.25, 0.3) is 0 Å². The molecule has 1 aliphatic rings. The first kappa shape index (κ1) is 10.5. The van der Waals surface area contributed by atoms with Crippen molar-refractivity contribution in [3.05, 3.63) is 0 Å². The van der Waals surface area contributed by atoms with Crippen LogP contribution in [0.5, 0.6) is 0 Å². The Bertz CT molecular complexity index is 310.